The number of benzene rings is 1. The van der Waals surface area contributed by atoms with Crippen LogP contribution in [0.15, 0.2) is 42.9 Å². The molecule has 1 atom stereocenters. The first kappa shape index (κ1) is 17.8. The van der Waals surface area contributed by atoms with E-state index in [0.717, 1.165) is 25.1 Å². The second kappa shape index (κ2) is 7.56. The molecule has 1 aromatic carbocycles. The molecule has 140 valence electrons. The molecule has 1 saturated heterocycles. The number of amides is 1. The number of aryl methyl sites for hydroxylation is 1. The minimum absolute atomic E-state index is 0.0723. The van der Waals surface area contributed by atoms with Crippen molar-refractivity contribution in [2.45, 2.75) is 19.8 Å². The van der Waals surface area contributed by atoms with Crippen LogP contribution in [0.3, 0.4) is 0 Å². The molecule has 1 aliphatic heterocycles. The van der Waals surface area contributed by atoms with Crippen LogP contribution in [0.4, 0.5) is 0 Å². The number of imidazole rings is 1. The van der Waals surface area contributed by atoms with Crippen molar-refractivity contribution < 1.29 is 9.53 Å². The normalized spacial score (nSPS) is 17.3. The summed E-state index contributed by atoms with van der Waals surface area (Å²) in [5, 5.41) is 0.505. The number of hydrogen-bond donors (Lipinski definition) is 0. The third-order valence-electron chi connectivity index (χ3n) is 4.78. The SMILES string of the molecule is Cc1cccc(OC[C@H]2CCCN(C(=O)c3cn4cc(Cl)cnc4n3)C2)c1. The van der Waals surface area contributed by atoms with E-state index in [9.17, 15) is 4.79 Å². The molecule has 6 nitrogen and oxygen atoms in total. The largest absolute Gasteiger partial charge is 0.493 e. The lowest BCUT2D eigenvalue weighted by molar-refractivity contribution is 0.0628. The maximum atomic E-state index is 12.9. The van der Waals surface area contributed by atoms with Crippen molar-refractivity contribution >= 4 is 23.3 Å². The molecule has 1 aliphatic rings. The van der Waals surface area contributed by atoms with Gasteiger partial charge in [-0.05, 0) is 37.5 Å². The molecule has 3 heterocycles. The minimum Gasteiger partial charge on any atom is -0.493 e. The first-order valence-corrected chi connectivity index (χ1v) is 9.45. The fraction of sp³-hybridized carbons (Fsp3) is 0.350. The number of likely N-dealkylation sites (tertiary alicyclic amines) is 1. The highest BCUT2D eigenvalue weighted by atomic mass is 35.5. The Morgan fingerprint density at radius 1 is 1.37 bits per heavy atom. The van der Waals surface area contributed by atoms with E-state index in [2.05, 4.69) is 9.97 Å². The molecule has 0 radical (unpaired) electrons. The lowest BCUT2D eigenvalue weighted by Crippen LogP contribution is -2.41. The van der Waals surface area contributed by atoms with Crippen molar-refractivity contribution in [1.29, 1.82) is 0 Å². The van der Waals surface area contributed by atoms with Crippen LogP contribution in [0.5, 0.6) is 5.75 Å². The van der Waals surface area contributed by atoms with Crippen molar-refractivity contribution in [3.63, 3.8) is 0 Å². The van der Waals surface area contributed by atoms with Crippen LogP contribution in [0.2, 0.25) is 5.02 Å². The summed E-state index contributed by atoms with van der Waals surface area (Å²) in [5.74, 6) is 1.59. The molecular formula is C20H21ClN4O2. The quantitative estimate of drug-likeness (QED) is 0.689. The van der Waals surface area contributed by atoms with Gasteiger partial charge in [-0.2, -0.15) is 0 Å². The van der Waals surface area contributed by atoms with Crippen molar-refractivity contribution in [1.82, 2.24) is 19.3 Å². The summed E-state index contributed by atoms with van der Waals surface area (Å²) in [6.07, 6.45) is 6.92. The van der Waals surface area contributed by atoms with Crippen LogP contribution in [0, 0.1) is 12.8 Å². The number of halogens is 1. The predicted molar refractivity (Wildman–Crippen MR) is 103 cm³/mol. The summed E-state index contributed by atoms with van der Waals surface area (Å²) in [7, 11) is 0. The molecule has 7 heteroatoms. The molecule has 4 rings (SSSR count). The Bertz CT molecular complexity index is 972. The fourth-order valence-electron chi connectivity index (χ4n) is 3.43. The van der Waals surface area contributed by atoms with Gasteiger partial charge in [-0.1, -0.05) is 23.7 Å². The van der Waals surface area contributed by atoms with E-state index in [-0.39, 0.29) is 5.91 Å². The number of nitrogens with zero attached hydrogens (tertiary/aromatic N) is 4. The lowest BCUT2D eigenvalue weighted by Gasteiger charge is -2.32. The summed E-state index contributed by atoms with van der Waals surface area (Å²) in [6.45, 7) is 4.06. The minimum atomic E-state index is -0.0723. The van der Waals surface area contributed by atoms with Gasteiger partial charge in [0, 0.05) is 31.4 Å². The third-order valence-corrected chi connectivity index (χ3v) is 4.97. The van der Waals surface area contributed by atoms with Gasteiger partial charge in [-0.3, -0.25) is 9.20 Å². The monoisotopic (exact) mass is 384 g/mol. The molecule has 3 aromatic rings. The van der Waals surface area contributed by atoms with Gasteiger partial charge in [-0.25, -0.2) is 9.97 Å². The van der Waals surface area contributed by atoms with Crippen molar-refractivity contribution in [2.24, 2.45) is 5.92 Å². The zero-order valence-electron chi connectivity index (χ0n) is 15.1. The van der Waals surface area contributed by atoms with E-state index in [1.807, 2.05) is 36.1 Å². The van der Waals surface area contributed by atoms with Gasteiger partial charge in [0.05, 0.1) is 17.8 Å². The maximum Gasteiger partial charge on any atom is 0.274 e. The standard InChI is InChI=1S/C20H21ClN4O2/c1-14-4-2-6-17(8-14)27-13-15-5-3-7-24(10-15)19(26)18-12-25-11-16(21)9-22-20(25)23-18/h2,4,6,8-9,11-12,15H,3,5,7,10,13H2,1H3/t15-/m0/s1. The smallest absolute Gasteiger partial charge is 0.274 e. The Balaban J connectivity index is 1.41. The Morgan fingerprint density at radius 2 is 2.26 bits per heavy atom. The molecule has 1 fully saturated rings. The van der Waals surface area contributed by atoms with Crippen LogP contribution < -0.4 is 4.74 Å². The molecule has 0 saturated carbocycles. The third kappa shape index (κ3) is 4.06. The number of carbonyl (C=O) groups excluding carboxylic acids is 1. The maximum absolute atomic E-state index is 12.9. The highest BCUT2D eigenvalue weighted by molar-refractivity contribution is 6.30. The van der Waals surface area contributed by atoms with Gasteiger partial charge in [0.25, 0.3) is 5.91 Å². The molecule has 0 spiro atoms. The fourth-order valence-corrected chi connectivity index (χ4v) is 3.58. The highest BCUT2D eigenvalue weighted by Gasteiger charge is 2.26. The predicted octanol–water partition coefficient (Wildman–Crippen LogP) is 3.62. The van der Waals surface area contributed by atoms with E-state index in [1.165, 1.54) is 11.8 Å². The molecule has 2 aromatic heterocycles. The molecule has 0 unspecified atom stereocenters. The summed E-state index contributed by atoms with van der Waals surface area (Å²) in [5.41, 5.74) is 1.57. The summed E-state index contributed by atoms with van der Waals surface area (Å²) >= 11 is 5.95. The van der Waals surface area contributed by atoms with Gasteiger partial charge in [-0.15, -0.1) is 0 Å². The summed E-state index contributed by atoms with van der Waals surface area (Å²) < 4.78 is 7.62. The van der Waals surface area contributed by atoms with Crippen LogP contribution in [-0.2, 0) is 0 Å². The number of aromatic nitrogens is 3. The topological polar surface area (TPSA) is 59.7 Å². The second-order valence-electron chi connectivity index (χ2n) is 6.99. The van der Waals surface area contributed by atoms with E-state index in [0.29, 0.717) is 35.6 Å². The summed E-state index contributed by atoms with van der Waals surface area (Å²) in [4.78, 5) is 23.2. The molecule has 27 heavy (non-hydrogen) atoms. The lowest BCUT2D eigenvalue weighted by atomic mass is 9.98. The van der Waals surface area contributed by atoms with Crippen LogP contribution in [0.25, 0.3) is 5.78 Å². The number of hydrogen-bond acceptors (Lipinski definition) is 4. The zero-order valence-corrected chi connectivity index (χ0v) is 15.9. The van der Waals surface area contributed by atoms with Gasteiger partial charge in [0.1, 0.15) is 11.4 Å². The number of rotatable bonds is 4. The molecular weight excluding hydrogens is 364 g/mol. The average Bonchev–Trinajstić information content (AvgIpc) is 3.09. The zero-order chi connectivity index (χ0) is 18.8. The molecule has 0 aliphatic carbocycles. The van der Waals surface area contributed by atoms with Crippen LogP contribution in [0.1, 0.15) is 28.9 Å². The van der Waals surface area contributed by atoms with E-state index in [1.54, 1.807) is 16.8 Å². The van der Waals surface area contributed by atoms with E-state index >= 15 is 0 Å². The van der Waals surface area contributed by atoms with Gasteiger partial charge >= 0.3 is 0 Å². The average molecular weight is 385 g/mol. The molecule has 0 N–H and O–H groups in total. The van der Waals surface area contributed by atoms with Gasteiger partial charge in [0.2, 0.25) is 5.78 Å². The number of piperidine rings is 1. The van der Waals surface area contributed by atoms with Crippen LogP contribution in [-0.4, -0.2) is 44.9 Å². The van der Waals surface area contributed by atoms with E-state index in [4.69, 9.17) is 16.3 Å². The van der Waals surface area contributed by atoms with Gasteiger partial charge < -0.3 is 9.64 Å². The number of carbonyl (C=O) groups is 1. The first-order chi connectivity index (χ1) is 13.1. The van der Waals surface area contributed by atoms with Crippen LogP contribution >= 0.6 is 11.6 Å². The Morgan fingerprint density at radius 3 is 3.11 bits per heavy atom. The highest BCUT2D eigenvalue weighted by Crippen LogP contribution is 2.21. The Hall–Kier alpha value is -2.60. The second-order valence-corrected chi connectivity index (χ2v) is 7.43. The first-order valence-electron chi connectivity index (χ1n) is 9.07. The van der Waals surface area contributed by atoms with E-state index < -0.39 is 0 Å². The van der Waals surface area contributed by atoms with Crippen molar-refractivity contribution in [2.75, 3.05) is 19.7 Å². The summed E-state index contributed by atoms with van der Waals surface area (Å²) in [6, 6.07) is 8.03. The molecule has 0 bridgehead atoms. The number of ether oxygens (including phenoxy) is 1. The number of fused-ring (bicyclic) bond motifs is 1. The van der Waals surface area contributed by atoms with Crippen molar-refractivity contribution in [3.05, 3.63) is 59.1 Å². The Labute approximate surface area is 162 Å². The Kier molecular flexibility index (Phi) is 4.99. The van der Waals surface area contributed by atoms with Crippen molar-refractivity contribution in [3.8, 4) is 5.75 Å². The molecule has 1 amide bonds. The van der Waals surface area contributed by atoms with Gasteiger partial charge in [0.15, 0.2) is 0 Å².